The molecule has 9 heteroatoms. The highest BCUT2D eigenvalue weighted by molar-refractivity contribution is 6.07. The number of nitrogens with zero attached hydrogens (tertiary/aromatic N) is 4. The first-order valence-corrected chi connectivity index (χ1v) is 12.6. The van der Waals surface area contributed by atoms with E-state index in [1.165, 1.54) is 12.8 Å². The molecule has 2 aromatic heterocycles. The van der Waals surface area contributed by atoms with Crippen LogP contribution in [0.3, 0.4) is 0 Å². The average molecular weight is 518 g/mol. The predicted molar refractivity (Wildman–Crippen MR) is 148 cm³/mol. The van der Waals surface area contributed by atoms with Gasteiger partial charge < -0.3 is 19.5 Å². The third kappa shape index (κ3) is 5.17. The summed E-state index contributed by atoms with van der Waals surface area (Å²) >= 11 is 0. The summed E-state index contributed by atoms with van der Waals surface area (Å²) in [5.74, 6) is 0.0715. The van der Waals surface area contributed by atoms with Crippen molar-refractivity contribution in [1.29, 1.82) is 0 Å². The van der Waals surface area contributed by atoms with Crippen molar-refractivity contribution in [2.75, 3.05) is 39.9 Å². The van der Waals surface area contributed by atoms with Crippen LogP contribution in [-0.4, -0.2) is 76.4 Å². The number of aromatic nitrogens is 3. The molecule has 8 nitrogen and oxygen atoms in total. The van der Waals surface area contributed by atoms with E-state index in [1.807, 2.05) is 28.6 Å². The van der Waals surface area contributed by atoms with Crippen LogP contribution in [0, 0.1) is 6.92 Å². The Morgan fingerprint density at radius 2 is 1.97 bits per heavy atom. The number of ether oxygens (including phenoxy) is 1. The number of hydrogen-bond acceptors (Lipinski definition) is 5. The number of aryl methyl sites for hydroxylation is 1. The Labute approximate surface area is 219 Å². The van der Waals surface area contributed by atoms with Crippen molar-refractivity contribution in [2.45, 2.75) is 65.5 Å². The summed E-state index contributed by atoms with van der Waals surface area (Å²) in [5, 5.41) is 6.05. The summed E-state index contributed by atoms with van der Waals surface area (Å²) in [5.41, 5.74) is 3.01. The first-order valence-electron chi connectivity index (χ1n) is 12.6. The Kier molecular flexibility index (Phi) is 9.19. The fourth-order valence-electron chi connectivity index (χ4n) is 5.48. The average Bonchev–Trinajstić information content (AvgIpc) is 3.51. The molecule has 2 aliphatic heterocycles. The summed E-state index contributed by atoms with van der Waals surface area (Å²) in [4.78, 5) is 33.8. The van der Waals surface area contributed by atoms with Gasteiger partial charge in [0.25, 0.3) is 11.5 Å². The van der Waals surface area contributed by atoms with Gasteiger partial charge in [-0.2, -0.15) is 5.10 Å². The number of rotatable bonds is 6. The fraction of sp³-hybridized carbons (Fsp3) is 0.593. The number of likely N-dealkylation sites (tertiary alicyclic amines) is 1. The summed E-state index contributed by atoms with van der Waals surface area (Å²) in [6.45, 7) is 8.15. The highest BCUT2D eigenvalue weighted by Crippen LogP contribution is 2.30. The highest BCUT2D eigenvalue weighted by atomic mass is 35.5. The highest BCUT2D eigenvalue weighted by Gasteiger charge is 2.30. The van der Waals surface area contributed by atoms with E-state index < -0.39 is 0 Å². The van der Waals surface area contributed by atoms with E-state index in [0.717, 1.165) is 60.9 Å². The number of pyridine rings is 1. The third-order valence-corrected chi connectivity index (χ3v) is 7.61. The van der Waals surface area contributed by atoms with Crippen LogP contribution in [0.15, 0.2) is 23.1 Å². The van der Waals surface area contributed by atoms with E-state index in [1.54, 1.807) is 6.20 Å². The van der Waals surface area contributed by atoms with Gasteiger partial charge in [-0.25, -0.2) is 0 Å². The molecule has 198 valence electrons. The second kappa shape index (κ2) is 11.8. The van der Waals surface area contributed by atoms with Crippen LogP contribution in [0.5, 0.6) is 0 Å². The van der Waals surface area contributed by atoms with E-state index in [2.05, 4.69) is 29.0 Å². The molecule has 3 aromatic rings. The Bertz CT molecular complexity index is 1260. The van der Waals surface area contributed by atoms with Gasteiger partial charge in [0.1, 0.15) is 0 Å². The maximum absolute atomic E-state index is 13.6. The van der Waals surface area contributed by atoms with Gasteiger partial charge in [0, 0.05) is 43.3 Å². The van der Waals surface area contributed by atoms with Crippen molar-refractivity contribution in [2.24, 2.45) is 0 Å². The van der Waals surface area contributed by atoms with Crippen LogP contribution in [0.25, 0.3) is 21.8 Å². The van der Waals surface area contributed by atoms with Crippen LogP contribution in [-0.2, 0) is 4.74 Å². The quantitative estimate of drug-likeness (QED) is 0.519. The van der Waals surface area contributed by atoms with Crippen LogP contribution < -0.4 is 5.56 Å². The van der Waals surface area contributed by atoms with Crippen molar-refractivity contribution >= 4 is 40.1 Å². The molecule has 0 bridgehead atoms. The molecule has 2 saturated heterocycles. The number of aromatic amines is 1. The maximum atomic E-state index is 13.6. The lowest BCUT2D eigenvalue weighted by Gasteiger charge is -2.25. The molecule has 0 saturated carbocycles. The molecule has 1 N–H and O–H groups in total. The number of H-pyrrole nitrogens is 1. The standard InChI is InChI=1S/C26H35N5O3.CH4.ClH/c1-4-5-9-29(3)19-6-10-30(16-19)26(33)20-14-21-23(13-17(20)2)28-25(32)22-15-27-31(24(21)22)18-7-11-34-12-8-18;;/h13-15,18-19H,4-12,16H2,1-3H3,(H,28,32);1H4;1H/t19-;;/m0../s1. The minimum atomic E-state index is -0.142. The van der Waals surface area contributed by atoms with Crippen molar-refractivity contribution < 1.29 is 9.53 Å². The lowest BCUT2D eigenvalue weighted by atomic mass is 10.0. The maximum Gasteiger partial charge on any atom is 0.259 e. The monoisotopic (exact) mass is 517 g/mol. The Balaban J connectivity index is 0.00000180. The van der Waals surface area contributed by atoms with Gasteiger partial charge in [-0.3, -0.25) is 14.3 Å². The van der Waals surface area contributed by atoms with E-state index in [4.69, 9.17) is 4.74 Å². The summed E-state index contributed by atoms with van der Waals surface area (Å²) < 4.78 is 7.51. The zero-order valence-electron chi connectivity index (χ0n) is 20.9. The van der Waals surface area contributed by atoms with Crippen LogP contribution in [0.2, 0.25) is 0 Å². The van der Waals surface area contributed by atoms with Crippen molar-refractivity contribution in [3.8, 4) is 0 Å². The van der Waals surface area contributed by atoms with Crippen molar-refractivity contribution in [3.05, 3.63) is 39.8 Å². The lowest BCUT2D eigenvalue weighted by Crippen LogP contribution is -2.37. The van der Waals surface area contributed by atoms with E-state index in [-0.39, 0.29) is 37.3 Å². The summed E-state index contributed by atoms with van der Waals surface area (Å²) in [7, 11) is 2.17. The third-order valence-electron chi connectivity index (χ3n) is 7.61. The topological polar surface area (TPSA) is 83.5 Å². The first kappa shape index (κ1) is 28.2. The molecular formula is C27H40ClN5O3. The number of unbranched alkanes of at least 4 members (excludes halogenated alkanes) is 1. The molecule has 4 heterocycles. The van der Waals surface area contributed by atoms with Gasteiger partial charge in [0.15, 0.2) is 0 Å². The number of nitrogens with one attached hydrogen (secondary N) is 1. The van der Waals surface area contributed by atoms with Crippen LogP contribution >= 0.6 is 12.4 Å². The molecular weight excluding hydrogens is 478 g/mol. The largest absolute Gasteiger partial charge is 0.381 e. The fourth-order valence-corrected chi connectivity index (χ4v) is 5.48. The first-order chi connectivity index (χ1) is 16.5. The Hall–Kier alpha value is -2.42. The molecule has 2 fully saturated rings. The summed E-state index contributed by atoms with van der Waals surface area (Å²) in [6.07, 6.45) is 6.75. The SMILES string of the molecule is C.CCCCN(C)[C@H]1CCN(C(=O)c2cc3c(cc2C)[nH]c(=O)c2cnn(C4CCOCC4)c23)C1.Cl. The molecule has 36 heavy (non-hydrogen) atoms. The number of carbonyl (C=O) groups excluding carboxylic acids is 1. The minimum Gasteiger partial charge on any atom is -0.381 e. The number of amides is 1. The van der Waals surface area contributed by atoms with Gasteiger partial charge in [0.05, 0.1) is 28.7 Å². The number of carbonyl (C=O) groups is 1. The molecule has 0 radical (unpaired) electrons. The molecule has 1 amide bonds. The summed E-state index contributed by atoms with van der Waals surface area (Å²) in [6, 6.07) is 4.51. The molecule has 2 aliphatic rings. The van der Waals surface area contributed by atoms with Crippen LogP contribution in [0.1, 0.15) is 68.4 Å². The number of benzene rings is 1. The number of halogens is 1. The van der Waals surface area contributed by atoms with E-state index >= 15 is 0 Å². The second-order valence-corrected chi connectivity index (χ2v) is 9.89. The minimum absolute atomic E-state index is 0. The number of likely N-dealkylation sites (N-methyl/N-ethyl adjacent to an activating group) is 1. The molecule has 5 rings (SSSR count). The smallest absolute Gasteiger partial charge is 0.259 e. The molecule has 0 aliphatic carbocycles. The van der Waals surface area contributed by atoms with E-state index in [0.29, 0.717) is 30.2 Å². The number of fused-ring (bicyclic) bond motifs is 3. The predicted octanol–water partition coefficient (Wildman–Crippen LogP) is 4.54. The lowest BCUT2D eigenvalue weighted by molar-refractivity contribution is 0.0675. The van der Waals surface area contributed by atoms with Crippen molar-refractivity contribution in [3.63, 3.8) is 0 Å². The molecule has 1 aromatic carbocycles. The molecule has 1 atom stereocenters. The number of hydrogen-bond donors (Lipinski definition) is 1. The molecule has 0 unspecified atom stereocenters. The normalized spacial score (nSPS) is 18.6. The van der Waals surface area contributed by atoms with Gasteiger partial charge in [-0.05, 0) is 63.9 Å². The Morgan fingerprint density at radius 3 is 2.69 bits per heavy atom. The van der Waals surface area contributed by atoms with Crippen LogP contribution in [0.4, 0.5) is 0 Å². The van der Waals surface area contributed by atoms with Gasteiger partial charge in [-0.1, -0.05) is 20.8 Å². The molecule has 0 spiro atoms. The second-order valence-electron chi connectivity index (χ2n) is 9.89. The van der Waals surface area contributed by atoms with Crippen molar-refractivity contribution in [1.82, 2.24) is 24.6 Å². The van der Waals surface area contributed by atoms with Gasteiger partial charge in [0.2, 0.25) is 0 Å². The Morgan fingerprint density at radius 1 is 1.22 bits per heavy atom. The van der Waals surface area contributed by atoms with E-state index in [9.17, 15) is 9.59 Å². The zero-order chi connectivity index (χ0) is 23.8. The van der Waals surface area contributed by atoms with Gasteiger partial charge >= 0.3 is 0 Å². The zero-order valence-corrected chi connectivity index (χ0v) is 21.7. The van der Waals surface area contributed by atoms with Gasteiger partial charge in [-0.15, -0.1) is 12.4 Å².